The van der Waals surface area contributed by atoms with Gasteiger partial charge in [0.1, 0.15) is 22.3 Å². The molecule has 2 aromatic heterocycles. The van der Waals surface area contributed by atoms with E-state index < -0.39 is 7.12 Å². The Bertz CT molecular complexity index is 2840. The molecule has 10 rings (SSSR count). The summed E-state index contributed by atoms with van der Waals surface area (Å²) >= 11 is 3.40. The van der Waals surface area contributed by atoms with Gasteiger partial charge in [-0.15, -0.1) is 0 Å². The summed E-state index contributed by atoms with van der Waals surface area (Å²) in [5.74, 6) is 0. The third-order valence-electron chi connectivity index (χ3n) is 9.26. The number of halogens is 1. The van der Waals surface area contributed by atoms with Gasteiger partial charge >= 0.3 is 7.12 Å². The largest absolute Gasteiger partial charge is 0.488 e. The molecule has 6 nitrogen and oxygen atoms in total. The van der Waals surface area contributed by atoms with Gasteiger partial charge in [-0.2, -0.15) is 0 Å². The molecule has 0 radical (unpaired) electrons. The molecule has 10 aromatic rings. The maximum atomic E-state index is 9.12. The summed E-state index contributed by atoms with van der Waals surface area (Å²) in [5.41, 5.74) is 10.6. The average molecular weight is 796 g/mol. The van der Waals surface area contributed by atoms with Crippen LogP contribution < -0.4 is 16.1 Å². The van der Waals surface area contributed by atoms with Crippen LogP contribution in [-0.4, -0.2) is 17.2 Å². The maximum Gasteiger partial charge on any atom is 0.488 e. The van der Waals surface area contributed by atoms with Crippen LogP contribution in [0.4, 0.5) is 22.7 Å². The van der Waals surface area contributed by atoms with Gasteiger partial charge in [-0.05, 0) is 108 Å². The second-order valence-electron chi connectivity index (χ2n) is 13.1. The van der Waals surface area contributed by atoms with E-state index in [1.54, 1.807) is 18.2 Å². The monoisotopic (exact) mass is 794 g/mol. The third-order valence-corrected chi connectivity index (χ3v) is 9.79. The first-order valence-electron chi connectivity index (χ1n) is 18.2. The van der Waals surface area contributed by atoms with Gasteiger partial charge in [0, 0.05) is 48.8 Å². The SMILES string of the molecule is Brc1ccc(Nc2ccccc2)cc1.OB(O)c1ccc2oc3ccccc3c2c1.c1ccc(Nc2ccc(-c3ccc4oc5ccccc5c4c3)cc2)cc1. The minimum absolute atomic E-state index is 0.471. The Balaban J connectivity index is 0.000000126. The van der Waals surface area contributed by atoms with E-state index in [1.807, 2.05) is 115 Å². The van der Waals surface area contributed by atoms with Crippen LogP contribution in [-0.2, 0) is 0 Å². The highest BCUT2D eigenvalue weighted by Gasteiger charge is 2.14. The van der Waals surface area contributed by atoms with E-state index >= 15 is 0 Å². The zero-order valence-electron chi connectivity index (χ0n) is 30.1. The molecule has 0 atom stereocenters. The molecule has 8 heteroatoms. The molecule has 0 amide bonds. The third kappa shape index (κ3) is 8.54. The predicted molar refractivity (Wildman–Crippen MR) is 236 cm³/mol. The Morgan fingerprint density at radius 2 is 0.786 bits per heavy atom. The molecule has 56 heavy (non-hydrogen) atoms. The van der Waals surface area contributed by atoms with Gasteiger partial charge in [-0.3, -0.25) is 0 Å². The molecule has 2 heterocycles. The molecular formula is C48H36BBrN2O4. The number of anilines is 4. The Morgan fingerprint density at radius 3 is 1.32 bits per heavy atom. The van der Waals surface area contributed by atoms with Crippen molar-refractivity contribution in [1.29, 1.82) is 0 Å². The van der Waals surface area contributed by atoms with Gasteiger partial charge in [0.05, 0.1) is 0 Å². The quantitative estimate of drug-likeness (QED) is 0.125. The van der Waals surface area contributed by atoms with Crippen LogP contribution >= 0.6 is 15.9 Å². The van der Waals surface area contributed by atoms with E-state index in [1.165, 1.54) is 11.1 Å². The van der Waals surface area contributed by atoms with Crippen molar-refractivity contribution in [2.75, 3.05) is 10.6 Å². The highest BCUT2D eigenvalue weighted by atomic mass is 79.9. The molecule has 0 aliphatic carbocycles. The Labute approximate surface area is 332 Å². The second kappa shape index (κ2) is 16.8. The number of para-hydroxylation sites is 4. The van der Waals surface area contributed by atoms with Gasteiger partial charge in [-0.1, -0.05) is 119 Å². The molecule has 0 spiro atoms. The first kappa shape index (κ1) is 36.4. The van der Waals surface area contributed by atoms with Crippen molar-refractivity contribution < 1.29 is 18.9 Å². The van der Waals surface area contributed by atoms with Gasteiger partial charge in [0.2, 0.25) is 0 Å². The molecule has 8 aromatic carbocycles. The van der Waals surface area contributed by atoms with E-state index in [4.69, 9.17) is 18.9 Å². The van der Waals surface area contributed by atoms with Crippen molar-refractivity contribution in [3.05, 3.63) is 199 Å². The summed E-state index contributed by atoms with van der Waals surface area (Å²) in [4.78, 5) is 0. The molecule has 0 saturated heterocycles. The number of fused-ring (bicyclic) bond motifs is 6. The molecule has 0 fully saturated rings. The van der Waals surface area contributed by atoms with Crippen LogP contribution in [0.1, 0.15) is 0 Å². The van der Waals surface area contributed by atoms with Crippen molar-refractivity contribution in [2.45, 2.75) is 0 Å². The highest BCUT2D eigenvalue weighted by Crippen LogP contribution is 2.33. The lowest BCUT2D eigenvalue weighted by molar-refractivity contribution is 0.426. The van der Waals surface area contributed by atoms with E-state index in [0.717, 1.165) is 71.1 Å². The fraction of sp³-hybridized carbons (Fsp3) is 0. The first-order valence-corrected chi connectivity index (χ1v) is 18.9. The normalized spacial score (nSPS) is 10.8. The lowest BCUT2D eigenvalue weighted by atomic mass is 9.80. The average Bonchev–Trinajstić information content (AvgIpc) is 3.81. The lowest BCUT2D eigenvalue weighted by Crippen LogP contribution is -2.29. The second-order valence-corrected chi connectivity index (χ2v) is 14.0. The smallest absolute Gasteiger partial charge is 0.456 e. The molecule has 0 bridgehead atoms. The van der Waals surface area contributed by atoms with E-state index in [0.29, 0.717) is 5.46 Å². The van der Waals surface area contributed by atoms with Crippen molar-refractivity contribution in [3.63, 3.8) is 0 Å². The molecule has 0 aliphatic heterocycles. The number of furan rings is 2. The number of hydrogen-bond donors (Lipinski definition) is 4. The summed E-state index contributed by atoms with van der Waals surface area (Å²) in [5, 5.41) is 29.2. The Morgan fingerprint density at radius 1 is 0.375 bits per heavy atom. The Kier molecular flexibility index (Phi) is 10.9. The standard InChI is InChI=1S/C24H17NO.C12H9BO3.C12H10BrN/c1-2-6-19(7-3-1)25-20-13-10-17(11-14-20)18-12-15-24-22(16-18)21-8-4-5-9-23(21)26-24;14-13(15)8-5-6-12-10(7-8)9-3-1-2-4-11(9)16-12;13-10-6-8-12(9-7-10)14-11-4-2-1-3-5-11/h1-16,25H;1-7,14-15H;1-9,14H. The zero-order chi connectivity index (χ0) is 38.3. The predicted octanol–water partition coefficient (Wildman–Crippen LogP) is 12.5. The van der Waals surface area contributed by atoms with Crippen LogP contribution in [0, 0.1) is 0 Å². The number of rotatable bonds is 6. The van der Waals surface area contributed by atoms with Gasteiger partial charge in [0.25, 0.3) is 0 Å². The molecule has 272 valence electrons. The molecule has 0 unspecified atom stereocenters. The van der Waals surface area contributed by atoms with E-state index in [2.05, 4.69) is 87.2 Å². The Hall–Kier alpha value is -6.58. The fourth-order valence-corrected chi connectivity index (χ4v) is 6.73. The maximum absolute atomic E-state index is 9.12. The summed E-state index contributed by atoms with van der Waals surface area (Å²) in [7, 11) is -1.45. The van der Waals surface area contributed by atoms with Gasteiger partial charge < -0.3 is 29.5 Å². The highest BCUT2D eigenvalue weighted by molar-refractivity contribution is 9.10. The van der Waals surface area contributed by atoms with Crippen LogP contribution in [0.2, 0.25) is 0 Å². The van der Waals surface area contributed by atoms with Crippen LogP contribution in [0.5, 0.6) is 0 Å². The summed E-state index contributed by atoms with van der Waals surface area (Å²) < 4.78 is 12.6. The molecule has 0 aliphatic rings. The van der Waals surface area contributed by atoms with Crippen molar-refractivity contribution in [3.8, 4) is 11.1 Å². The minimum atomic E-state index is -1.45. The minimum Gasteiger partial charge on any atom is -0.456 e. The van der Waals surface area contributed by atoms with Crippen molar-refractivity contribution >= 4 is 95.1 Å². The number of nitrogens with one attached hydrogen (secondary N) is 2. The van der Waals surface area contributed by atoms with Gasteiger partial charge in [0.15, 0.2) is 0 Å². The number of benzene rings is 8. The first-order chi connectivity index (χ1) is 27.5. The summed E-state index contributed by atoms with van der Waals surface area (Å²) in [6.07, 6.45) is 0. The van der Waals surface area contributed by atoms with Crippen LogP contribution in [0.25, 0.3) is 55.0 Å². The van der Waals surface area contributed by atoms with Crippen LogP contribution in [0.3, 0.4) is 0 Å². The van der Waals surface area contributed by atoms with E-state index in [-0.39, 0.29) is 0 Å². The summed E-state index contributed by atoms with van der Waals surface area (Å²) in [6.45, 7) is 0. The lowest BCUT2D eigenvalue weighted by Gasteiger charge is -2.08. The summed E-state index contributed by atoms with van der Waals surface area (Å²) in [6, 6.07) is 64.3. The van der Waals surface area contributed by atoms with Crippen LogP contribution in [0.15, 0.2) is 207 Å². The molecule has 0 saturated carbocycles. The van der Waals surface area contributed by atoms with Gasteiger partial charge in [-0.25, -0.2) is 0 Å². The van der Waals surface area contributed by atoms with Crippen molar-refractivity contribution in [2.24, 2.45) is 0 Å². The topological polar surface area (TPSA) is 90.8 Å². The van der Waals surface area contributed by atoms with Crippen molar-refractivity contribution in [1.82, 2.24) is 0 Å². The zero-order valence-corrected chi connectivity index (χ0v) is 31.7. The molecular weight excluding hydrogens is 759 g/mol. The number of hydrogen-bond acceptors (Lipinski definition) is 6. The molecule has 4 N–H and O–H groups in total. The fourth-order valence-electron chi connectivity index (χ4n) is 6.47. The van der Waals surface area contributed by atoms with E-state index in [9.17, 15) is 0 Å².